The average Bonchev–Trinajstić information content (AvgIpc) is 2.86. The van der Waals surface area contributed by atoms with Crippen LogP contribution < -0.4 is 5.32 Å². The number of thiophene rings is 1. The largest absolute Gasteiger partial charge is 0.309 e. The van der Waals surface area contributed by atoms with Gasteiger partial charge in [-0.05, 0) is 64.0 Å². The number of hydrogen-bond donors (Lipinski definition) is 1. The first kappa shape index (κ1) is 14.8. The van der Waals surface area contributed by atoms with Crippen molar-refractivity contribution in [3.05, 3.63) is 55.7 Å². The molecule has 1 nitrogen and oxygen atoms in total. The van der Waals surface area contributed by atoms with Crippen LogP contribution in [0.2, 0.25) is 0 Å². The number of aryl methyl sites for hydroxylation is 2. The van der Waals surface area contributed by atoms with Crippen molar-refractivity contribution in [1.82, 2.24) is 5.32 Å². The molecule has 1 aromatic heterocycles. The maximum absolute atomic E-state index is 3.66. The van der Waals surface area contributed by atoms with Gasteiger partial charge in [0.05, 0.1) is 6.04 Å². The zero-order valence-corrected chi connectivity index (χ0v) is 14.1. The molecule has 0 saturated carbocycles. The smallest absolute Gasteiger partial charge is 0.0682 e. The molecule has 0 radical (unpaired) electrons. The highest BCUT2D eigenvalue weighted by Crippen LogP contribution is 2.34. The van der Waals surface area contributed by atoms with Crippen molar-refractivity contribution < 1.29 is 0 Å². The third-order valence-corrected chi connectivity index (χ3v) is 5.44. The van der Waals surface area contributed by atoms with Crippen molar-refractivity contribution in [2.24, 2.45) is 0 Å². The van der Waals surface area contributed by atoms with Crippen LogP contribution in [0.3, 0.4) is 0 Å². The van der Waals surface area contributed by atoms with E-state index >= 15 is 0 Å². The predicted molar refractivity (Wildman–Crippen MR) is 88.1 cm³/mol. The monoisotopic (exact) mass is 337 g/mol. The summed E-state index contributed by atoms with van der Waals surface area (Å²) in [7, 11) is 2.04. The molecule has 1 unspecified atom stereocenters. The molecule has 3 heteroatoms. The molecule has 0 bridgehead atoms. The molecule has 1 atom stereocenters. The molecule has 1 aromatic carbocycles. The molecule has 0 aliphatic rings. The Morgan fingerprint density at radius 2 is 2.00 bits per heavy atom. The van der Waals surface area contributed by atoms with Crippen molar-refractivity contribution in [2.45, 2.75) is 32.7 Å². The number of benzene rings is 1. The molecule has 1 heterocycles. The van der Waals surface area contributed by atoms with Gasteiger partial charge in [0.15, 0.2) is 0 Å². The van der Waals surface area contributed by atoms with Gasteiger partial charge in [-0.2, -0.15) is 0 Å². The van der Waals surface area contributed by atoms with Gasteiger partial charge in [0.25, 0.3) is 0 Å². The van der Waals surface area contributed by atoms with Crippen molar-refractivity contribution in [2.75, 3.05) is 7.05 Å². The maximum atomic E-state index is 3.66. The SMILES string of the molecule is CCc1ccc(CC)c(C(NC)c2sccc2Br)c1. The van der Waals surface area contributed by atoms with Crippen LogP contribution in [0.5, 0.6) is 0 Å². The molecule has 2 aromatic rings. The van der Waals surface area contributed by atoms with E-state index in [4.69, 9.17) is 0 Å². The van der Waals surface area contributed by atoms with Gasteiger partial charge >= 0.3 is 0 Å². The predicted octanol–water partition coefficient (Wildman–Crippen LogP) is 4.94. The van der Waals surface area contributed by atoms with Crippen molar-refractivity contribution in [3.63, 3.8) is 0 Å². The Morgan fingerprint density at radius 3 is 2.53 bits per heavy atom. The van der Waals surface area contributed by atoms with E-state index in [9.17, 15) is 0 Å². The zero-order valence-electron chi connectivity index (χ0n) is 11.7. The van der Waals surface area contributed by atoms with E-state index in [0.717, 1.165) is 12.8 Å². The minimum absolute atomic E-state index is 0.274. The number of halogens is 1. The zero-order chi connectivity index (χ0) is 13.8. The molecule has 102 valence electrons. The van der Waals surface area contributed by atoms with Gasteiger partial charge in [0.1, 0.15) is 0 Å². The molecule has 0 aliphatic carbocycles. The first-order valence-corrected chi connectivity index (χ1v) is 8.40. The topological polar surface area (TPSA) is 12.0 Å². The summed E-state index contributed by atoms with van der Waals surface area (Å²) in [6.45, 7) is 4.43. The maximum Gasteiger partial charge on any atom is 0.0682 e. The summed E-state index contributed by atoms with van der Waals surface area (Å²) in [4.78, 5) is 1.35. The third-order valence-electron chi connectivity index (χ3n) is 3.51. The summed E-state index contributed by atoms with van der Waals surface area (Å²) in [5.74, 6) is 0. The van der Waals surface area contributed by atoms with Crippen molar-refractivity contribution >= 4 is 27.3 Å². The van der Waals surface area contributed by atoms with Gasteiger partial charge in [-0.3, -0.25) is 0 Å². The standard InChI is InChI=1S/C16H20BrNS/c1-4-11-6-7-12(5-2)13(10-11)15(18-3)16-14(17)8-9-19-16/h6-10,15,18H,4-5H2,1-3H3. The summed E-state index contributed by atoms with van der Waals surface area (Å²) < 4.78 is 1.20. The Kier molecular flexibility index (Phi) is 5.20. The fraction of sp³-hybridized carbons (Fsp3) is 0.375. The molecular formula is C16H20BrNS. The summed E-state index contributed by atoms with van der Waals surface area (Å²) in [5, 5.41) is 5.61. The highest BCUT2D eigenvalue weighted by molar-refractivity contribution is 9.10. The Hall–Kier alpha value is -0.640. The highest BCUT2D eigenvalue weighted by Gasteiger charge is 2.19. The third kappa shape index (κ3) is 3.10. The van der Waals surface area contributed by atoms with E-state index in [2.05, 4.69) is 64.7 Å². The lowest BCUT2D eigenvalue weighted by atomic mass is 9.94. The van der Waals surface area contributed by atoms with Crippen molar-refractivity contribution in [3.8, 4) is 0 Å². The minimum atomic E-state index is 0.274. The fourth-order valence-corrected chi connectivity index (χ4v) is 4.12. The number of hydrogen-bond acceptors (Lipinski definition) is 2. The van der Waals surface area contributed by atoms with Crippen LogP contribution in [0.4, 0.5) is 0 Å². The van der Waals surface area contributed by atoms with Crippen LogP contribution in [0, 0.1) is 0 Å². The van der Waals surface area contributed by atoms with E-state index in [1.165, 1.54) is 26.0 Å². The van der Waals surface area contributed by atoms with Crippen LogP contribution in [0.15, 0.2) is 34.1 Å². The molecular weight excluding hydrogens is 318 g/mol. The highest BCUT2D eigenvalue weighted by atomic mass is 79.9. The van der Waals surface area contributed by atoms with Gasteiger partial charge in [-0.1, -0.05) is 32.0 Å². The van der Waals surface area contributed by atoms with Crippen LogP contribution in [-0.4, -0.2) is 7.05 Å². The van der Waals surface area contributed by atoms with Gasteiger partial charge < -0.3 is 5.32 Å². The molecule has 19 heavy (non-hydrogen) atoms. The Balaban J connectivity index is 2.51. The van der Waals surface area contributed by atoms with Gasteiger partial charge in [0, 0.05) is 9.35 Å². The molecule has 0 saturated heterocycles. The first-order valence-electron chi connectivity index (χ1n) is 6.73. The van der Waals surface area contributed by atoms with Crippen LogP contribution >= 0.6 is 27.3 Å². The van der Waals surface area contributed by atoms with Crippen molar-refractivity contribution in [1.29, 1.82) is 0 Å². The summed E-state index contributed by atoms with van der Waals surface area (Å²) in [6, 6.07) is 9.28. The lowest BCUT2D eigenvalue weighted by molar-refractivity contribution is 0.692. The van der Waals surface area contributed by atoms with E-state index in [-0.39, 0.29) is 6.04 Å². The van der Waals surface area contributed by atoms with Gasteiger partial charge in [0.2, 0.25) is 0 Å². The summed E-state index contributed by atoms with van der Waals surface area (Å²) in [6.07, 6.45) is 2.15. The minimum Gasteiger partial charge on any atom is -0.309 e. The van der Waals surface area contributed by atoms with Crippen LogP contribution in [0.25, 0.3) is 0 Å². The first-order chi connectivity index (χ1) is 9.21. The number of nitrogens with one attached hydrogen (secondary N) is 1. The Bertz CT molecular complexity index is 547. The normalized spacial score (nSPS) is 12.6. The molecule has 0 amide bonds. The van der Waals surface area contributed by atoms with E-state index < -0.39 is 0 Å². The molecule has 2 rings (SSSR count). The van der Waals surface area contributed by atoms with Gasteiger partial charge in [-0.25, -0.2) is 0 Å². The lowest BCUT2D eigenvalue weighted by Crippen LogP contribution is -2.18. The summed E-state index contributed by atoms with van der Waals surface area (Å²) >= 11 is 5.46. The second-order valence-corrected chi connectivity index (χ2v) is 6.40. The van der Waals surface area contributed by atoms with Crippen LogP contribution in [0.1, 0.15) is 41.5 Å². The quantitative estimate of drug-likeness (QED) is 0.814. The van der Waals surface area contributed by atoms with E-state index in [1.807, 2.05) is 7.05 Å². The van der Waals surface area contributed by atoms with Crippen LogP contribution in [-0.2, 0) is 12.8 Å². The fourth-order valence-electron chi connectivity index (χ4n) is 2.39. The average molecular weight is 338 g/mol. The summed E-state index contributed by atoms with van der Waals surface area (Å²) in [5.41, 5.74) is 4.24. The van der Waals surface area contributed by atoms with E-state index in [1.54, 1.807) is 11.3 Å². The Labute approximate surface area is 128 Å². The molecule has 1 N–H and O–H groups in total. The second-order valence-electron chi connectivity index (χ2n) is 4.59. The van der Waals surface area contributed by atoms with Gasteiger partial charge in [-0.15, -0.1) is 11.3 Å². The van der Waals surface area contributed by atoms with E-state index in [0.29, 0.717) is 0 Å². The number of rotatable bonds is 5. The second kappa shape index (κ2) is 6.69. The molecule has 0 fully saturated rings. The lowest BCUT2D eigenvalue weighted by Gasteiger charge is -2.20. The Morgan fingerprint density at radius 1 is 1.21 bits per heavy atom. The molecule has 0 aliphatic heterocycles. The molecule has 0 spiro atoms.